The Morgan fingerprint density at radius 1 is 1.38 bits per heavy atom. The molecule has 0 amide bonds. The average molecular weight is 374 g/mol. The van der Waals surface area contributed by atoms with Crippen molar-refractivity contribution in [1.82, 2.24) is 15.2 Å². The zero-order chi connectivity index (χ0) is 18.7. The Morgan fingerprint density at radius 3 is 2.88 bits per heavy atom. The predicted molar refractivity (Wildman–Crippen MR) is 110 cm³/mol. The van der Waals surface area contributed by atoms with E-state index in [0.717, 1.165) is 48.0 Å². The lowest BCUT2D eigenvalue weighted by molar-refractivity contribution is 0.0897. The largest absolute Gasteiger partial charge is 0.376 e. The summed E-state index contributed by atoms with van der Waals surface area (Å²) in [6.45, 7) is 8.86. The summed E-state index contributed by atoms with van der Waals surface area (Å²) >= 11 is 5.54. The number of fused-ring (bicyclic) bond motifs is 1. The van der Waals surface area contributed by atoms with E-state index >= 15 is 0 Å². The quantitative estimate of drug-likeness (QED) is 0.789. The molecule has 140 valence electrons. The lowest BCUT2D eigenvalue weighted by Gasteiger charge is -2.28. The summed E-state index contributed by atoms with van der Waals surface area (Å²) in [4.78, 5) is 17.7. The molecule has 1 aromatic heterocycles. The number of nitrogens with zero attached hydrogens (tertiary/aromatic N) is 1. The van der Waals surface area contributed by atoms with Crippen LogP contribution in [-0.2, 0) is 11.3 Å². The minimum Gasteiger partial charge on any atom is -0.376 e. The molecule has 0 aliphatic carbocycles. The molecule has 6 heteroatoms. The van der Waals surface area contributed by atoms with Crippen LogP contribution in [0.1, 0.15) is 36.5 Å². The van der Waals surface area contributed by atoms with Gasteiger partial charge in [-0.3, -0.25) is 4.79 Å². The average Bonchev–Trinajstić information content (AvgIpc) is 3.09. The van der Waals surface area contributed by atoms with Gasteiger partial charge in [-0.15, -0.1) is 0 Å². The molecule has 1 saturated heterocycles. The van der Waals surface area contributed by atoms with E-state index in [9.17, 15) is 4.79 Å². The number of hydrogen-bond donors (Lipinski definition) is 2. The molecule has 1 atom stereocenters. The molecule has 0 saturated carbocycles. The van der Waals surface area contributed by atoms with Gasteiger partial charge in [-0.1, -0.05) is 11.6 Å². The normalized spacial score (nSPS) is 16.8. The van der Waals surface area contributed by atoms with E-state index in [1.54, 1.807) is 0 Å². The topological polar surface area (TPSA) is 57.4 Å². The number of pyridine rings is 1. The van der Waals surface area contributed by atoms with Crippen molar-refractivity contribution in [2.24, 2.45) is 0 Å². The fourth-order valence-electron chi connectivity index (χ4n) is 3.57. The summed E-state index contributed by atoms with van der Waals surface area (Å²) in [6.07, 6.45) is 2.30. The van der Waals surface area contributed by atoms with E-state index in [2.05, 4.69) is 29.4 Å². The maximum absolute atomic E-state index is 12.6. The van der Waals surface area contributed by atoms with Crippen molar-refractivity contribution in [3.63, 3.8) is 0 Å². The fourth-order valence-corrected chi connectivity index (χ4v) is 3.86. The third-order valence-corrected chi connectivity index (χ3v) is 5.20. The number of aromatic amines is 1. The first-order valence-electron chi connectivity index (χ1n) is 9.25. The van der Waals surface area contributed by atoms with E-state index in [-0.39, 0.29) is 11.7 Å². The number of ether oxygens (including phenoxy) is 1. The van der Waals surface area contributed by atoms with Crippen LogP contribution in [0, 0.1) is 13.8 Å². The molecule has 5 nitrogen and oxygen atoms in total. The minimum atomic E-state index is -0.0545. The molecule has 2 heterocycles. The van der Waals surface area contributed by atoms with Crippen LogP contribution in [0.5, 0.6) is 0 Å². The van der Waals surface area contributed by atoms with Crippen LogP contribution in [0.15, 0.2) is 23.0 Å². The third-order valence-electron chi connectivity index (χ3n) is 4.79. The van der Waals surface area contributed by atoms with Gasteiger partial charge in [-0.25, -0.2) is 0 Å². The monoisotopic (exact) mass is 373 g/mol. The first kappa shape index (κ1) is 18.9. The van der Waals surface area contributed by atoms with Gasteiger partial charge in [0.25, 0.3) is 5.56 Å². The second-order valence-corrected chi connectivity index (χ2v) is 7.41. The third kappa shape index (κ3) is 4.24. The van der Waals surface area contributed by atoms with Crippen molar-refractivity contribution in [2.45, 2.75) is 46.3 Å². The highest BCUT2D eigenvalue weighted by Gasteiger charge is 2.22. The number of hydrogen-bond acceptors (Lipinski definition) is 3. The van der Waals surface area contributed by atoms with Crippen LogP contribution in [0.2, 0.25) is 0 Å². The number of aromatic nitrogens is 1. The van der Waals surface area contributed by atoms with Crippen LogP contribution in [-0.4, -0.2) is 40.8 Å². The molecular weight excluding hydrogens is 346 g/mol. The van der Waals surface area contributed by atoms with Crippen molar-refractivity contribution < 1.29 is 4.74 Å². The number of rotatable bonds is 5. The van der Waals surface area contributed by atoms with Gasteiger partial charge in [-0.2, -0.15) is 0 Å². The second-order valence-electron chi connectivity index (χ2n) is 7.02. The van der Waals surface area contributed by atoms with Crippen molar-refractivity contribution in [2.75, 3.05) is 19.7 Å². The Kier molecular flexibility index (Phi) is 5.94. The van der Waals surface area contributed by atoms with E-state index in [1.807, 2.05) is 24.8 Å². The van der Waals surface area contributed by atoms with Gasteiger partial charge in [0.1, 0.15) is 0 Å². The molecule has 3 rings (SSSR count). The number of thiocarbonyl (C=S) groups is 1. The summed E-state index contributed by atoms with van der Waals surface area (Å²) in [5.74, 6) is 0. The van der Waals surface area contributed by atoms with Gasteiger partial charge in [0.2, 0.25) is 0 Å². The van der Waals surface area contributed by atoms with Gasteiger partial charge < -0.3 is 19.9 Å². The van der Waals surface area contributed by atoms with Gasteiger partial charge in [0.15, 0.2) is 5.11 Å². The highest BCUT2D eigenvalue weighted by Crippen LogP contribution is 2.19. The van der Waals surface area contributed by atoms with Crippen molar-refractivity contribution >= 4 is 28.2 Å². The Balaban J connectivity index is 1.90. The molecule has 0 spiro atoms. The lowest BCUT2D eigenvalue weighted by Crippen LogP contribution is -2.43. The standard InChI is InChI=1S/C20H27N3O2S/c1-4-21-20(26)23(12-17-6-5-7-25-17)11-16-10-15-9-13(2)8-14(3)18(15)22-19(16)24/h8-10,17H,4-7,11-12H2,1-3H3,(H,21,26)(H,22,24)/t17-/m1/s1. The summed E-state index contributed by atoms with van der Waals surface area (Å²) in [5, 5.41) is 4.93. The molecule has 2 aromatic rings. The molecule has 0 bridgehead atoms. The number of aryl methyl sites for hydroxylation is 2. The lowest BCUT2D eigenvalue weighted by atomic mass is 10.1. The predicted octanol–water partition coefficient (Wildman–Crippen LogP) is 3.02. The SMILES string of the molecule is CCNC(=S)N(Cc1cc2cc(C)cc(C)c2[nH]c1=O)C[C@H]1CCCO1. The van der Waals surface area contributed by atoms with Gasteiger partial charge in [0.05, 0.1) is 18.2 Å². The molecule has 26 heavy (non-hydrogen) atoms. The maximum atomic E-state index is 12.6. The van der Waals surface area contributed by atoms with Crippen molar-refractivity contribution in [3.05, 3.63) is 45.2 Å². The number of H-pyrrole nitrogens is 1. The summed E-state index contributed by atoms with van der Waals surface area (Å²) in [6, 6.07) is 6.18. The van der Waals surface area contributed by atoms with Crippen LogP contribution < -0.4 is 10.9 Å². The van der Waals surface area contributed by atoms with Crippen LogP contribution >= 0.6 is 12.2 Å². The first-order valence-corrected chi connectivity index (χ1v) is 9.66. The Hall–Kier alpha value is -1.92. The highest BCUT2D eigenvalue weighted by molar-refractivity contribution is 7.80. The number of nitrogens with one attached hydrogen (secondary N) is 2. The minimum absolute atomic E-state index is 0.0545. The summed E-state index contributed by atoms with van der Waals surface area (Å²) in [5.41, 5.74) is 3.85. The molecule has 1 aliphatic heterocycles. The zero-order valence-electron chi connectivity index (χ0n) is 15.7. The molecule has 1 fully saturated rings. The number of benzene rings is 1. The van der Waals surface area contributed by atoms with Gasteiger partial charge >= 0.3 is 0 Å². The smallest absolute Gasteiger partial charge is 0.253 e. The van der Waals surface area contributed by atoms with Crippen LogP contribution in [0.25, 0.3) is 10.9 Å². The molecular formula is C20H27N3O2S. The van der Waals surface area contributed by atoms with E-state index in [0.29, 0.717) is 18.2 Å². The van der Waals surface area contributed by atoms with E-state index in [4.69, 9.17) is 17.0 Å². The zero-order valence-corrected chi connectivity index (χ0v) is 16.5. The molecule has 0 unspecified atom stereocenters. The summed E-state index contributed by atoms with van der Waals surface area (Å²) in [7, 11) is 0. The van der Waals surface area contributed by atoms with Gasteiger partial charge in [-0.05, 0) is 68.9 Å². The maximum Gasteiger partial charge on any atom is 0.253 e. The summed E-state index contributed by atoms with van der Waals surface area (Å²) < 4.78 is 5.77. The van der Waals surface area contributed by atoms with Crippen LogP contribution in [0.4, 0.5) is 0 Å². The fraction of sp³-hybridized carbons (Fsp3) is 0.500. The molecule has 0 radical (unpaired) electrons. The Morgan fingerprint density at radius 2 is 2.19 bits per heavy atom. The first-order chi connectivity index (χ1) is 12.5. The van der Waals surface area contributed by atoms with E-state index in [1.165, 1.54) is 5.56 Å². The molecule has 1 aliphatic rings. The molecule has 2 N–H and O–H groups in total. The van der Waals surface area contributed by atoms with Gasteiger partial charge in [0, 0.05) is 25.3 Å². The second kappa shape index (κ2) is 8.18. The van der Waals surface area contributed by atoms with Crippen LogP contribution in [0.3, 0.4) is 0 Å². The Bertz CT molecular complexity index is 856. The Labute approximate surface area is 159 Å². The van der Waals surface area contributed by atoms with Crippen molar-refractivity contribution in [3.8, 4) is 0 Å². The van der Waals surface area contributed by atoms with E-state index < -0.39 is 0 Å². The molecule has 1 aromatic carbocycles. The highest BCUT2D eigenvalue weighted by atomic mass is 32.1. The van der Waals surface area contributed by atoms with Crippen molar-refractivity contribution in [1.29, 1.82) is 0 Å².